The lowest BCUT2D eigenvalue weighted by atomic mass is 10.0. The van der Waals surface area contributed by atoms with Gasteiger partial charge in [-0.15, -0.1) is 0 Å². The Bertz CT molecular complexity index is 949. The highest BCUT2D eigenvalue weighted by Crippen LogP contribution is 2.07. The van der Waals surface area contributed by atoms with E-state index in [0.717, 1.165) is 5.56 Å². The summed E-state index contributed by atoms with van der Waals surface area (Å²) >= 11 is 0. The van der Waals surface area contributed by atoms with Crippen LogP contribution in [0.1, 0.15) is 31.7 Å². The first kappa shape index (κ1) is 29.8. The van der Waals surface area contributed by atoms with Gasteiger partial charge in [-0.05, 0) is 25.3 Å². The van der Waals surface area contributed by atoms with Crippen molar-refractivity contribution in [2.75, 3.05) is 6.54 Å². The molecule has 0 radical (unpaired) electrons. The number of aliphatic imine (C=N–C) groups is 1. The molecule has 36 heavy (non-hydrogen) atoms. The number of hydrogen-bond acceptors (Lipinski definition) is 7. The summed E-state index contributed by atoms with van der Waals surface area (Å²) in [7, 11) is 0. The molecule has 14 heteroatoms. The van der Waals surface area contributed by atoms with Crippen LogP contribution in [-0.2, 0) is 30.4 Å². The molecular formula is C22H34N8O6. The first-order chi connectivity index (χ1) is 16.9. The molecule has 0 aliphatic rings. The van der Waals surface area contributed by atoms with Gasteiger partial charge in [-0.2, -0.15) is 0 Å². The van der Waals surface area contributed by atoms with Crippen LogP contribution in [0.15, 0.2) is 35.3 Å². The van der Waals surface area contributed by atoms with E-state index >= 15 is 0 Å². The molecule has 0 bridgehead atoms. The minimum atomic E-state index is -1.59. The number of carbonyl (C=O) groups is 5. The number of rotatable bonds is 15. The van der Waals surface area contributed by atoms with E-state index in [1.807, 2.05) is 0 Å². The van der Waals surface area contributed by atoms with Gasteiger partial charge in [0.1, 0.15) is 18.1 Å². The summed E-state index contributed by atoms with van der Waals surface area (Å²) in [5.74, 6) is -4.70. The van der Waals surface area contributed by atoms with Crippen molar-refractivity contribution in [1.82, 2.24) is 16.0 Å². The Morgan fingerprint density at radius 3 is 1.97 bits per heavy atom. The number of guanidine groups is 1. The molecule has 14 nitrogen and oxygen atoms in total. The number of nitrogens with one attached hydrogen (secondary N) is 3. The second-order valence-corrected chi connectivity index (χ2v) is 8.12. The molecule has 0 spiro atoms. The van der Waals surface area contributed by atoms with E-state index in [4.69, 9.17) is 22.9 Å². The standard InChI is InChI=1S/C22H34N8O6/c1-12(23)18(32)29-15(10-13-6-3-2-4-7-13)20(34)28-14(8-5-9-27-22(25)26)19(33)30-16(21(35)36)11-17(24)31/h2-4,6-7,12,14-16H,5,8-11,23H2,1H3,(H2,24,31)(H,28,34)(H,29,32)(H,30,33)(H,35,36)(H4,25,26,27). The predicted octanol–water partition coefficient (Wildman–Crippen LogP) is -2.96. The van der Waals surface area contributed by atoms with E-state index < -0.39 is 60.2 Å². The Hall–Kier alpha value is -4.20. The number of carboxylic acids is 1. The Morgan fingerprint density at radius 1 is 0.889 bits per heavy atom. The first-order valence-electron chi connectivity index (χ1n) is 11.2. The summed E-state index contributed by atoms with van der Waals surface area (Å²) in [4.78, 5) is 64.7. The SMILES string of the molecule is CC(N)C(=O)NC(Cc1ccccc1)C(=O)NC(CCCN=C(N)N)C(=O)NC(CC(N)=O)C(=O)O. The van der Waals surface area contributed by atoms with Crippen LogP contribution in [0, 0.1) is 0 Å². The normalized spacial score (nSPS) is 13.8. The third-order valence-corrected chi connectivity index (χ3v) is 4.93. The topological polar surface area (TPSA) is 258 Å². The largest absolute Gasteiger partial charge is 0.480 e. The maximum Gasteiger partial charge on any atom is 0.326 e. The molecule has 0 aliphatic heterocycles. The third-order valence-electron chi connectivity index (χ3n) is 4.93. The molecule has 1 rings (SSSR count). The second kappa shape index (κ2) is 14.9. The quantitative estimate of drug-likeness (QED) is 0.0685. The smallest absolute Gasteiger partial charge is 0.326 e. The van der Waals surface area contributed by atoms with Crippen LogP contribution in [-0.4, -0.2) is 71.4 Å². The molecule has 1 aromatic carbocycles. The number of carboxylic acid groups (broad SMARTS) is 1. The van der Waals surface area contributed by atoms with Crippen LogP contribution in [0.4, 0.5) is 0 Å². The van der Waals surface area contributed by atoms with E-state index in [2.05, 4.69) is 20.9 Å². The molecule has 0 heterocycles. The summed E-state index contributed by atoms with van der Waals surface area (Å²) in [6.07, 6.45) is -0.264. The minimum absolute atomic E-state index is 0.0244. The van der Waals surface area contributed by atoms with Crippen LogP contribution in [0.3, 0.4) is 0 Å². The van der Waals surface area contributed by atoms with Gasteiger partial charge in [0.25, 0.3) is 0 Å². The van der Waals surface area contributed by atoms with Gasteiger partial charge in [0.05, 0.1) is 12.5 Å². The highest BCUT2D eigenvalue weighted by molar-refractivity contribution is 5.95. The fraction of sp³-hybridized carbons (Fsp3) is 0.455. The molecule has 0 saturated heterocycles. The van der Waals surface area contributed by atoms with E-state index in [1.165, 1.54) is 6.92 Å². The number of carbonyl (C=O) groups excluding carboxylic acids is 4. The summed E-state index contributed by atoms with van der Waals surface area (Å²) in [6, 6.07) is 4.06. The van der Waals surface area contributed by atoms with E-state index in [9.17, 15) is 29.1 Å². The van der Waals surface area contributed by atoms with E-state index in [1.54, 1.807) is 30.3 Å². The lowest BCUT2D eigenvalue weighted by molar-refractivity contribution is -0.143. The van der Waals surface area contributed by atoms with Gasteiger partial charge in [0, 0.05) is 13.0 Å². The van der Waals surface area contributed by atoms with Gasteiger partial charge in [0.2, 0.25) is 23.6 Å². The maximum atomic E-state index is 13.2. The number of primary amides is 1. The average Bonchev–Trinajstić information content (AvgIpc) is 2.79. The molecule has 4 atom stereocenters. The minimum Gasteiger partial charge on any atom is -0.480 e. The van der Waals surface area contributed by atoms with Crippen molar-refractivity contribution in [3.63, 3.8) is 0 Å². The lowest BCUT2D eigenvalue weighted by Gasteiger charge is -2.25. The maximum absolute atomic E-state index is 13.2. The predicted molar refractivity (Wildman–Crippen MR) is 131 cm³/mol. The second-order valence-electron chi connectivity index (χ2n) is 8.12. The number of benzene rings is 1. The van der Waals surface area contributed by atoms with E-state index in [0.29, 0.717) is 0 Å². The van der Waals surface area contributed by atoms with Gasteiger partial charge in [-0.25, -0.2) is 4.79 Å². The van der Waals surface area contributed by atoms with Crippen molar-refractivity contribution in [3.8, 4) is 0 Å². The Balaban J connectivity index is 3.10. The van der Waals surface area contributed by atoms with Crippen LogP contribution in [0.25, 0.3) is 0 Å². The van der Waals surface area contributed by atoms with Crippen molar-refractivity contribution in [1.29, 1.82) is 0 Å². The van der Waals surface area contributed by atoms with Crippen LogP contribution < -0.4 is 38.9 Å². The van der Waals surface area contributed by atoms with Gasteiger partial charge >= 0.3 is 5.97 Å². The average molecular weight is 507 g/mol. The van der Waals surface area contributed by atoms with Gasteiger partial charge in [-0.1, -0.05) is 30.3 Å². The van der Waals surface area contributed by atoms with Crippen molar-refractivity contribution in [2.24, 2.45) is 27.9 Å². The fourth-order valence-electron chi connectivity index (χ4n) is 3.08. The summed E-state index contributed by atoms with van der Waals surface area (Å²) in [6.45, 7) is 1.60. The Morgan fingerprint density at radius 2 is 1.44 bits per heavy atom. The number of nitrogens with two attached hydrogens (primary N) is 4. The molecule has 0 aromatic heterocycles. The Labute approximate surface area is 208 Å². The monoisotopic (exact) mass is 506 g/mol. The zero-order valence-corrected chi connectivity index (χ0v) is 20.0. The first-order valence-corrected chi connectivity index (χ1v) is 11.2. The number of hydrogen-bond donors (Lipinski definition) is 8. The molecule has 4 amide bonds. The highest BCUT2D eigenvalue weighted by Gasteiger charge is 2.30. The Kier molecular flexibility index (Phi) is 12.4. The molecular weight excluding hydrogens is 472 g/mol. The number of nitrogens with zero attached hydrogens (tertiary/aromatic N) is 1. The van der Waals surface area contributed by atoms with Crippen molar-refractivity contribution in [2.45, 2.75) is 56.8 Å². The highest BCUT2D eigenvalue weighted by atomic mass is 16.4. The number of aliphatic carboxylic acids is 1. The summed E-state index contributed by atoms with van der Waals surface area (Å²) in [5.41, 5.74) is 22.0. The molecule has 4 unspecified atom stereocenters. The van der Waals surface area contributed by atoms with Crippen molar-refractivity contribution < 1.29 is 29.1 Å². The molecule has 0 saturated carbocycles. The zero-order chi connectivity index (χ0) is 27.3. The number of amides is 4. The molecule has 198 valence electrons. The summed E-state index contributed by atoms with van der Waals surface area (Å²) in [5, 5.41) is 16.6. The summed E-state index contributed by atoms with van der Waals surface area (Å²) < 4.78 is 0. The van der Waals surface area contributed by atoms with Crippen molar-refractivity contribution >= 4 is 35.6 Å². The fourth-order valence-corrected chi connectivity index (χ4v) is 3.08. The van der Waals surface area contributed by atoms with Crippen LogP contribution >= 0.6 is 0 Å². The van der Waals surface area contributed by atoms with Crippen LogP contribution in [0.5, 0.6) is 0 Å². The molecule has 12 N–H and O–H groups in total. The lowest BCUT2D eigenvalue weighted by Crippen LogP contribution is -2.57. The van der Waals surface area contributed by atoms with Crippen molar-refractivity contribution in [3.05, 3.63) is 35.9 Å². The van der Waals surface area contributed by atoms with Gasteiger partial charge in [-0.3, -0.25) is 24.2 Å². The van der Waals surface area contributed by atoms with Crippen LogP contribution in [0.2, 0.25) is 0 Å². The molecule has 0 aliphatic carbocycles. The van der Waals surface area contributed by atoms with Gasteiger partial charge in [0.15, 0.2) is 5.96 Å². The third kappa shape index (κ3) is 11.3. The van der Waals surface area contributed by atoms with E-state index in [-0.39, 0.29) is 31.8 Å². The zero-order valence-electron chi connectivity index (χ0n) is 20.0. The molecule has 1 aromatic rings. The molecule has 0 fully saturated rings. The van der Waals surface area contributed by atoms with Gasteiger partial charge < -0.3 is 44.0 Å².